The molecule has 2 aliphatic heterocycles. The number of nitrogens with zero attached hydrogens (tertiary/aromatic N) is 2. The zero-order chi connectivity index (χ0) is 18.5. The van der Waals surface area contributed by atoms with Crippen LogP contribution in [-0.2, 0) is 6.54 Å². The molecule has 27 heavy (non-hydrogen) atoms. The number of aliphatic hydroxyl groups is 1. The molecule has 1 spiro atoms. The van der Waals surface area contributed by atoms with E-state index in [9.17, 15) is 0 Å². The highest BCUT2D eigenvalue weighted by molar-refractivity contribution is 5.36. The van der Waals surface area contributed by atoms with Crippen molar-refractivity contribution in [2.45, 2.75) is 51.5 Å². The van der Waals surface area contributed by atoms with Gasteiger partial charge in [0.25, 0.3) is 0 Å². The number of benzene rings is 1. The van der Waals surface area contributed by atoms with Crippen LogP contribution in [0.3, 0.4) is 0 Å². The highest BCUT2D eigenvalue weighted by Gasteiger charge is 2.41. The molecule has 1 aliphatic carbocycles. The Balaban J connectivity index is 1.29. The van der Waals surface area contributed by atoms with E-state index < -0.39 is 0 Å². The van der Waals surface area contributed by atoms with Crippen LogP contribution in [0.15, 0.2) is 24.3 Å². The minimum atomic E-state index is 0.139. The van der Waals surface area contributed by atoms with Crippen molar-refractivity contribution in [2.75, 3.05) is 39.3 Å². The van der Waals surface area contributed by atoms with E-state index in [1.54, 1.807) is 0 Å². The van der Waals surface area contributed by atoms with Crippen LogP contribution >= 0.6 is 0 Å². The van der Waals surface area contributed by atoms with E-state index in [-0.39, 0.29) is 6.61 Å². The number of likely N-dealkylation sites (tertiary alicyclic amines) is 2. The molecule has 2 saturated heterocycles. The topological polar surface area (TPSA) is 26.7 Å². The third-order valence-electron chi connectivity index (χ3n) is 6.83. The second-order valence-corrected chi connectivity index (χ2v) is 9.07. The van der Waals surface area contributed by atoms with Crippen molar-refractivity contribution < 1.29 is 5.11 Å². The summed E-state index contributed by atoms with van der Waals surface area (Å²) in [5, 5.41) is 8.82. The van der Waals surface area contributed by atoms with Crippen molar-refractivity contribution in [2.24, 2.45) is 11.3 Å². The first-order chi connectivity index (χ1) is 13.2. The summed E-state index contributed by atoms with van der Waals surface area (Å²) in [4.78, 5) is 5.45. The van der Waals surface area contributed by atoms with Gasteiger partial charge < -0.3 is 10.0 Å². The lowest BCUT2D eigenvalue weighted by Crippen LogP contribution is -2.47. The summed E-state index contributed by atoms with van der Waals surface area (Å²) in [5.74, 6) is 7.10. The zero-order valence-corrected chi connectivity index (χ0v) is 16.6. The Morgan fingerprint density at radius 1 is 1.00 bits per heavy atom. The fourth-order valence-corrected chi connectivity index (χ4v) is 5.17. The van der Waals surface area contributed by atoms with Crippen LogP contribution in [-0.4, -0.2) is 54.2 Å². The molecule has 0 amide bonds. The van der Waals surface area contributed by atoms with E-state index in [2.05, 4.69) is 45.9 Å². The molecule has 1 aromatic rings. The van der Waals surface area contributed by atoms with Crippen molar-refractivity contribution in [3.63, 3.8) is 0 Å². The van der Waals surface area contributed by atoms with Gasteiger partial charge in [0.2, 0.25) is 0 Å². The Bertz CT molecular complexity index is 670. The molecule has 146 valence electrons. The average molecular weight is 367 g/mol. The third kappa shape index (κ3) is 4.93. The molecule has 1 saturated carbocycles. The molecule has 3 nitrogen and oxygen atoms in total. The number of aliphatic hydroxyl groups excluding tert-OH is 1. The summed E-state index contributed by atoms with van der Waals surface area (Å²) >= 11 is 0. The normalized spacial score (nSPS) is 26.7. The van der Waals surface area contributed by atoms with Crippen LogP contribution in [0.5, 0.6) is 0 Å². The molecule has 0 bridgehead atoms. The molecular weight excluding hydrogens is 332 g/mol. The quantitative estimate of drug-likeness (QED) is 0.808. The fraction of sp³-hybridized carbons (Fsp3) is 0.667. The summed E-state index contributed by atoms with van der Waals surface area (Å²) in [6.07, 6.45) is 9.13. The van der Waals surface area contributed by atoms with E-state index in [0.29, 0.717) is 11.8 Å². The van der Waals surface area contributed by atoms with Gasteiger partial charge in [-0.15, -0.1) is 0 Å². The van der Waals surface area contributed by atoms with E-state index in [1.165, 1.54) is 76.8 Å². The standard InChI is InChI=1S/C24H34N2O/c27-16-2-1-5-21-8-10-23(11-9-21)18-26-15-13-24(20-26)12-4-14-25(19-24)17-22-6-3-7-22/h8-11,22,27H,2-4,6-7,12-20H2/t24-/m1/s1. The smallest absolute Gasteiger partial charge is 0.0540 e. The van der Waals surface area contributed by atoms with Crippen LogP contribution < -0.4 is 0 Å². The Morgan fingerprint density at radius 2 is 1.81 bits per heavy atom. The molecular formula is C24H34N2O. The second-order valence-electron chi connectivity index (χ2n) is 9.07. The Kier molecular flexibility index (Phi) is 6.18. The number of piperidine rings is 1. The molecule has 0 aromatic heterocycles. The maximum Gasteiger partial charge on any atom is 0.0540 e. The van der Waals surface area contributed by atoms with Gasteiger partial charge in [-0.25, -0.2) is 0 Å². The van der Waals surface area contributed by atoms with Gasteiger partial charge in [-0.2, -0.15) is 0 Å². The third-order valence-corrected chi connectivity index (χ3v) is 6.83. The predicted molar refractivity (Wildman–Crippen MR) is 110 cm³/mol. The molecule has 0 unspecified atom stereocenters. The van der Waals surface area contributed by atoms with Crippen molar-refractivity contribution in [3.05, 3.63) is 35.4 Å². The van der Waals surface area contributed by atoms with E-state index in [1.807, 2.05) is 0 Å². The number of hydrogen-bond acceptors (Lipinski definition) is 3. The van der Waals surface area contributed by atoms with Crippen LogP contribution in [0.4, 0.5) is 0 Å². The van der Waals surface area contributed by atoms with Gasteiger partial charge >= 0.3 is 0 Å². The first-order valence-electron chi connectivity index (χ1n) is 10.9. The van der Waals surface area contributed by atoms with Crippen LogP contribution in [0.25, 0.3) is 0 Å². The van der Waals surface area contributed by atoms with E-state index in [0.717, 1.165) is 18.0 Å². The second kappa shape index (κ2) is 8.78. The van der Waals surface area contributed by atoms with Crippen molar-refractivity contribution in [1.29, 1.82) is 0 Å². The summed E-state index contributed by atoms with van der Waals surface area (Å²) in [6, 6.07) is 8.68. The zero-order valence-electron chi connectivity index (χ0n) is 16.6. The summed E-state index contributed by atoms with van der Waals surface area (Å²) in [6.45, 7) is 7.74. The summed E-state index contributed by atoms with van der Waals surface area (Å²) < 4.78 is 0. The fourth-order valence-electron chi connectivity index (χ4n) is 5.17. The average Bonchev–Trinajstić information content (AvgIpc) is 3.02. The molecule has 3 fully saturated rings. The van der Waals surface area contributed by atoms with Gasteiger partial charge in [-0.3, -0.25) is 4.90 Å². The Morgan fingerprint density at radius 3 is 2.56 bits per heavy atom. The largest absolute Gasteiger partial charge is 0.395 e. The first-order valence-corrected chi connectivity index (χ1v) is 10.9. The van der Waals surface area contributed by atoms with Gasteiger partial charge in [0.05, 0.1) is 6.61 Å². The molecule has 3 aliphatic rings. The van der Waals surface area contributed by atoms with Gasteiger partial charge in [0.15, 0.2) is 0 Å². The van der Waals surface area contributed by atoms with Crippen molar-refractivity contribution in [1.82, 2.24) is 9.80 Å². The first kappa shape index (κ1) is 19.0. The Labute approximate surface area is 164 Å². The molecule has 4 rings (SSSR count). The predicted octanol–water partition coefficient (Wildman–Crippen LogP) is 3.51. The molecule has 1 aromatic carbocycles. The molecule has 2 heterocycles. The summed E-state index contributed by atoms with van der Waals surface area (Å²) in [7, 11) is 0. The molecule has 1 N–H and O–H groups in total. The maximum atomic E-state index is 8.82. The molecule has 1 atom stereocenters. The number of hydrogen-bond donors (Lipinski definition) is 1. The van der Waals surface area contributed by atoms with E-state index >= 15 is 0 Å². The van der Waals surface area contributed by atoms with Gasteiger partial charge in [0, 0.05) is 38.2 Å². The molecule has 3 heteroatoms. The van der Waals surface area contributed by atoms with Gasteiger partial charge in [-0.1, -0.05) is 30.4 Å². The van der Waals surface area contributed by atoms with Gasteiger partial charge in [0.1, 0.15) is 0 Å². The van der Waals surface area contributed by atoms with Gasteiger partial charge in [-0.05, 0) is 74.2 Å². The highest BCUT2D eigenvalue weighted by atomic mass is 16.2. The highest BCUT2D eigenvalue weighted by Crippen LogP contribution is 2.40. The van der Waals surface area contributed by atoms with Crippen molar-refractivity contribution in [3.8, 4) is 11.8 Å². The summed E-state index contributed by atoms with van der Waals surface area (Å²) in [5.41, 5.74) is 2.99. The van der Waals surface area contributed by atoms with Crippen LogP contribution in [0.1, 0.15) is 56.1 Å². The van der Waals surface area contributed by atoms with Crippen molar-refractivity contribution >= 4 is 0 Å². The minimum absolute atomic E-state index is 0.139. The minimum Gasteiger partial charge on any atom is -0.395 e. The van der Waals surface area contributed by atoms with Crippen LogP contribution in [0.2, 0.25) is 0 Å². The maximum absolute atomic E-state index is 8.82. The SMILES string of the molecule is OCCC#Cc1ccc(CN2CC[C@@]3(CCCN(CC4CCC4)C3)C2)cc1. The lowest BCUT2D eigenvalue weighted by Gasteiger charge is -2.43. The lowest BCUT2D eigenvalue weighted by molar-refractivity contribution is 0.0668. The van der Waals surface area contributed by atoms with E-state index in [4.69, 9.17) is 5.11 Å². The monoisotopic (exact) mass is 366 g/mol. The lowest BCUT2D eigenvalue weighted by atomic mass is 9.78. The van der Waals surface area contributed by atoms with Crippen LogP contribution in [0, 0.1) is 23.2 Å². The Hall–Kier alpha value is -1.34. The number of rotatable bonds is 5. The molecule has 0 radical (unpaired) electrons.